The lowest BCUT2D eigenvalue weighted by Crippen LogP contribution is -2.49. The molecule has 1 aliphatic heterocycles. The van der Waals surface area contributed by atoms with E-state index in [-0.39, 0.29) is 4.90 Å². The molecule has 7 nitrogen and oxygen atoms in total. The molecule has 1 heterocycles. The number of rotatable bonds is 7. The Morgan fingerprint density at radius 2 is 1.89 bits per heavy atom. The average molecular weight is 396 g/mol. The van der Waals surface area contributed by atoms with Crippen LogP contribution >= 0.6 is 0 Å². The summed E-state index contributed by atoms with van der Waals surface area (Å²) in [5, 5.41) is 12.0. The molecular formula is C19H33N5O2S. The molecule has 1 saturated heterocycles. The van der Waals surface area contributed by atoms with Crippen LogP contribution < -0.4 is 15.8 Å². The number of likely N-dealkylation sites (tertiary alicyclic amines) is 1. The van der Waals surface area contributed by atoms with Crippen molar-refractivity contribution in [2.45, 2.75) is 57.0 Å². The Labute approximate surface area is 163 Å². The van der Waals surface area contributed by atoms with Crippen LogP contribution in [0.3, 0.4) is 0 Å². The summed E-state index contributed by atoms with van der Waals surface area (Å²) in [5.74, 6) is 0.849. The van der Waals surface area contributed by atoms with Crippen molar-refractivity contribution in [2.24, 2.45) is 10.1 Å². The summed E-state index contributed by atoms with van der Waals surface area (Å²) in [7, 11) is -3.64. The summed E-state index contributed by atoms with van der Waals surface area (Å²) in [6.07, 6.45) is 2.99. The molecular weight excluding hydrogens is 362 g/mol. The van der Waals surface area contributed by atoms with E-state index in [1.165, 1.54) is 0 Å². The normalized spacial score (nSPS) is 17.3. The summed E-state index contributed by atoms with van der Waals surface area (Å²) < 4.78 is 22.6. The van der Waals surface area contributed by atoms with E-state index in [1.807, 2.05) is 0 Å². The number of sulfonamides is 1. The van der Waals surface area contributed by atoms with Gasteiger partial charge in [0.2, 0.25) is 10.0 Å². The first kappa shape index (κ1) is 21.7. The molecule has 1 aromatic rings. The molecule has 2 rings (SSSR count). The van der Waals surface area contributed by atoms with Gasteiger partial charge in [-0.05, 0) is 57.7 Å². The SMILES string of the molecule is CCNC(=NCCc1ccc(S(N)(=O)=O)cc1)NC1CCN(C(C)C)CC1. The molecule has 0 spiro atoms. The van der Waals surface area contributed by atoms with Gasteiger partial charge in [0.25, 0.3) is 0 Å². The first-order valence-corrected chi connectivity index (χ1v) is 11.2. The zero-order chi connectivity index (χ0) is 19.9. The molecule has 0 radical (unpaired) electrons. The zero-order valence-electron chi connectivity index (χ0n) is 16.6. The molecule has 0 bridgehead atoms. The van der Waals surface area contributed by atoms with Crippen molar-refractivity contribution in [3.63, 3.8) is 0 Å². The largest absolute Gasteiger partial charge is 0.357 e. The Morgan fingerprint density at radius 3 is 2.41 bits per heavy atom. The van der Waals surface area contributed by atoms with Crippen molar-refractivity contribution in [2.75, 3.05) is 26.2 Å². The van der Waals surface area contributed by atoms with E-state index in [9.17, 15) is 8.42 Å². The van der Waals surface area contributed by atoms with Crippen molar-refractivity contribution in [3.05, 3.63) is 29.8 Å². The molecule has 152 valence electrons. The van der Waals surface area contributed by atoms with E-state index in [0.717, 1.165) is 50.4 Å². The molecule has 0 aromatic heterocycles. The van der Waals surface area contributed by atoms with Crippen molar-refractivity contribution in [3.8, 4) is 0 Å². The molecule has 1 fully saturated rings. The minimum atomic E-state index is -3.64. The molecule has 0 unspecified atom stereocenters. The molecule has 27 heavy (non-hydrogen) atoms. The van der Waals surface area contributed by atoms with Gasteiger partial charge in [-0.3, -0.25) is 4.99 Å². The maximum atomic E-state index is 11.3. The quantitative estimate of drug-likeness (QED) is 0.477. The van der Waals surface area contributed by atoms with Crippen LogP contribution in [0.5, 0.6) is 0 Å². The number of benzene rings is 1. The maximum absolute atomic E-state index is 11.3. The van der Waals surface area contributed by atoms with E-state index >= 15 is 0 Å². The number of piperidine rings is 1. The highest BCUT2D eigenvalue weighted by Crippen LogP contribution is 2.13. The van der Waals surface area contributed by atoms with Crippen LogP contribution in [0.4, 0.5) is 0 Å². The Morgan fingerprint density at radius 1 is 1.26 bits per heavy atom. The van der Waals surface area contributed by atoms with Gasteiger partial charge in [0.1, 0.15) is 0 Å². The van der Waals surface area contributed by atoms with Crippen LogP contribution in [-0.2, 0) is 16.4 Å². The minimum absolute atomic E-state index is 0.137. The number of primary sulfonamides is 1. The number of hydrogen-bond donors (Lipinski definition) is 3. The van der Waals surface area contributed by atoms with Crippen LogP contribution in [0.15, 0.2) is 34.2 Å². The molecule has 0 atom stereocenters. The van der Waals surface area contributed by atoms with Gasteiger partial charge in [-0.2, -0.15) is 0 Å². The van der Waals surface area contributed by atoms with Gasteiger partial charge in [-0.25, -0.2) is 13.6 Å². The third kappa shape index (κ3) is 7.12. The maximum Gasteiger partial charge on any atom is 0.238 e. The Balaban J connectivity index is 1.86. The summed E-state index contributed by atoms with van der Waals surface area (Å²) >= 11 is 0. The molecule has 0 aliphatic carbocycles. The van der Waals surface area contributed by atoms with E-state index in [0.29, 0.717) is 18.6 Å². The fraction of sp³-hybridized carbons (Fsp3) is 0.632. The van der Waals surface area contributed by atoms with Crippen LogP contribution in [0.25, 0.3) is 0 Å². The average Bonchev–Trinajstić information content (AvgIpc) is 2.62. The Kier molecular flexibility index (Phi) is 8.07. The van der Waals surface area contributed by atoms with E-state index in [4.69, 9.17) is 5.14 Å². The summed E-state index contributed by atoms with van der Waals surface area (Å²) in [4.78, 5) is 7.31. The lowest BCUT2D eigenvalue weighted by atomic mass is 10.0. The third-order valence-corrected chi connectivity index (χ3v) is 5.80. The highest BCUT2D eigenvalue weighted by atomic mass is 32.2. The predicted octanol–water partition coefficient (Wildman–Crippen LogP) is 1.30. The number of nitrogens with zero attached hydrogens (tertiary/aromatic N) is 2. The lowest BCUT2D eigenvalue weighted by molar-refractivity contribution is 0.167. The van der Waals surface area contributed by atoms with Crippen molar-refractivity contribution < 1.29 is 8.42 Å². The second-order valence-corrected chi connectivity index (χ2v) is 8.81. The first-order valence-electron chi connectivity index (χ1n) is 9.70. The van der Waals surface area contributed by atoms with Gasteiger partial charge in [0.15, 0.2) is 5.96 Å². The van der Waals surface area contributed by atoms with Crippen molar-refractivity contribution >= 4 is 16.0 Å². The smallest absolute Gasteiger partial charge is 0.238 e. The van der Waals surface area contributed by atoms with Gasteiger partial charge in [0, 0.05) is 38.3 Å². The summed E-state index contributed by atoms with van der Waals surface area (Å²) in [6, 6.07) is 7.72. The number of hydrogen-bond acceptors (Lipinski definition) is 4. The Hall–Kier alpha value is -1.64. The molecule has 1 aliphatic rings. The summed E-state index contributed by atoms with van der Waals surface area (Å²) in [5.41, 5.74) is 1.03. The molecule has 4 N–H and O–H groups in total. The van der Waals surface area contributed by atoms with E-state index in [1.54, 1.807) is 24.3 Å². The summed E-state index contributed by atoms with van der Waals surface area (Å²) in [6.45, 7) is 10.2. The van der Waals surface area contributed by atoms with Crippen LogP contribution in [0.1, 0.15) is 39.2 Å². The van der Waals surface area contributed by atoms with E-state index in [2.05, 4.69) is 41.3 Å². The fourth-order valence-corrected chi connectivity index (χ4v) is 3.73. The van der Waals surface area contributed by atoms with Crippen LogP contribution in [-0.4, -0.2) is 57.5 Å². The van der Waals surface area contributed by atoms with Gasteiger partial charge in [-0.1, -0.05) is 12.1 Å². The third-order valence-electron chi connectivity index (χ3n) is 4.87. The monoisotopic (exact) mass is 395 g/mol. The second-order valence-electron chi connectivity index (χ2n) is 7.25. The van der Waals surface area contributed by atoms with Gasteiger partial charge < -0.3 is 15.5 Å². The van der Waals surface area contributed by atoms with Gasteiger partial charge in [-0.15, -0.1) is 0 Å². The predicted molar refractivity (Wildman–Crippen MR) is 110 cm³/mol. The molecule has 1 aromatic carbocycles. The molecule has 0 saturated carbocycles. The highest BCUT2D eigenvalue weighted by Gasteiger charge is 2.21. The van der Waals surface area contributed by atoms with Crippen molar-refractivity contribution in [1.29, 1.82) is 0 Å². The van der Waals surface area contributed by atoms with E-state index < -0.39 is 10.0 Å². The second kappa shape index (κ2) is 10.1. The fourth-order valence-electron chi connectivity index (χ4n) is 3.22. The zero-order valence-corrected chi connectivity index (χ0v) is 17.4. The van der Waals surface area contributed by atoms with Gasteiger partial charge >= 0.3 is 0 Å². The topological polar surface area (TPSA) is 99.8 Å². The number of guanidine groups is 1. The first-order chi connectivity index (χ1) is 12.8. The van der Waals surface area contributed by atoms with Gasteiger partial charge in [0.05, 0.1) is 4.90 Å². The number of aliphatic imine (C=N–C) groups is 1. The molecule has 0 amide bonds. The number of nitrogens with two attached hydrogens (primary N) is 1. The van der Waals surface area contributed by atoms with Crippen LogP contribution in [0, 0.1) is 0 Å². The Bertz CT molecular complexity index is 708. The lowest BCUT2D eigenvalue weighted by Gasteiger charge is -2.35. The number of nitrogens with one attached hydrogen (secondary N) is 2. The van der Waals surface area contributed by atoms with Crippen LogP contribution in [0.2, 0.25) is 0 Å². The minimum Gasteiger partial charge on any atom is -0.357 e. The standard InChI is InChI=1S/C19H33N5O2S/c1-4-21-19(23-17-10-13-24(14-11-17)15(2)3)22-12-9-16-5-7-18(8-6-16)27(20,25)26/h5-8,15,17H,4,9-14H2,1-3H3,(H2,20,25,26)(H2,21,22,23). The highest BCUT2D eigenvalue weighted by molar-refractivity contribution is 7.89. The molecule has 8 heteroatoms. The van der Waals surface area contributed by atoms with Crippen molar-refractivity contribution in [1.82, 2.24) is 15.5 Å².